The first-order chi connectivity index (χ1) is 9.95. The van der Waals surface area contributed by atoms with E-state index in [9.17, 15) is 8.42 Å². The minimum atomic E-state index is -3.60. The van der Waals surface area contributed by atoms with Crippen LogP contribution in [-0.4, -0.2) is 60.3 Å². The Balaban J connectivity index is 2.34. The molecule has 2 N–H and O–H groups in total. The molecule has 1 rings (SSSR count). The minimum absolute atomic E-state index is 0.0660. The van der Waals surface area contributed by atoms with Crippen molar-refractivity contribution in [2.45, 2.75) is 18.6 Å². The van der Waals surface area contributed by atoms with Crippen LogP contribution in [0.3, 0.4) is 0 Å². The predicted octanol–water partition coefficient (Wildman–Crippen LogP) is 0.246. The molecule has 0 aliphatic heterocycles. The Morgan fingerprint density at radius 2 is 2.05 bits per heavy atom. The molecule has 1 heterocycles. The number of hydrogen-bond donors (Lipinski definition) is 2. The van der Waals surface area contributed by atoms with Crippen LogP contribution in [-0.2, 0) is 21.3 Å². The van der Waals surface area contributed by atoms with Crippen LogP contribution in [0.5, 0.6) is 0 Å². The summed E-state index contributed by atoms with van der Waals surface area (Å²) in [5.74, 6) is 0.597. The predicted molar refractivity (Wildman–Crippen MR) is 80.7 cm³/mol. The molecule has 0 saturated heterocycles. The molecule has 0 aliphatic carbocycles. The van der Waals surface area contributed by atoms with Crippen LogP contribution in [0.2, 0.25) is 0 Å². The van der Waals surface area contributed by atoms with Gasteiger partial charge in [-0.15, -0.1) is 0 Å². The molecule has 0 bridgehead atoms. The topological polar surface area (TPSA) is 83.8 Å². The Kier molecular flexibility index (Phi) is 7.91. The fraction of sp³-hybridized carbons (Fsp3) is 0.692. The molecule has 8 heteroatoms. The van der Waals surface area contributed by atoms with E-state index in [4.69, 9.17) is 9.15 Å². The van der Waals surface area contributed by atoms with E-state index in [1.54, 1.807) is 6.07 Å². The van der Waals surface area contributed by atoms with Gasteiger partial charge in [0, 0.05) is 13.1 Å². The van der Waals surface area contributed by atoms with Crippen molar-refractivity contribution in [3.63, 3.8) is 0 Å². The maximum Gasteiger partial charge on any atom is 0.274 e. The zero-order chi connectivity index (χ0) is 15.7. The fourth-order valence-electron chi connectivity index (χ4n) is 1.51. The van der Waals surface area contributed by atoms with Gasteiger partial charge in [-0.25, -0.2) is 13.1 Å². The second-order valence-corrected chi connectivity index (χ2v) is 6.51. The van der Waals surface area contributed by atoms with Crippen LogP contribution >= 0.6 is 0 Å². The van der Waals surface area contributed by atoms with Crippen LogP contribution < -0.4 is 10.0 Å². The van der Waals surface area contributed by atoms with Crippen LogP contribution in [0.25, 0.3) is 0 Å². The molecule has 122 valence electrons. The summed E-state index contributed by atoms with van der Waals surface area (Å²) in [6.45, 7) is 5.21. The van der Waals surface area contributed by atoms with Crippen molar-refractivity contribution >= 4 is 10.0 Å². The van der Waals surface area contributed by atoms with Gasteiger partial charge in [-0.3, -0.25) is 0 Å². The molecular formula is C13H25N3O4S. The molecule has 0 unspecified atom stereocenters. The first kappa shape index (κ1) is 18.1. The van der Waals surface area contributed by atoms with Crippen LogP contribution in [0.4, 0.5) is 0 Å². The molecule has 1 aromatic heterocycles. The lowest BCUT2D eigenvalue weighted by Gasteiger charge is -2.10. The Hall–Kier alpha value is -0.930. The summed E-state index contributed by atoms with van der Waals surface area (Å²) in [5.41, 5.74) is 0. The molecule has 0 fully saturated rings. The van der Waals surface area contributed by atoms with Crippen molar-refractivity contribution < 1.29 is 17.6 Å². The molecule has 21 heavy (non-hydrogen) atoms. The highest BCUT2D eigenvalue weighted by molar-refractivity contribution is 7.89. The lowest BCUT2D eigenvalue weighted by molar-refractivity contribution is 0.122. The average Bonchev–Trinajstić information content (AvgIpc) is 2.89. The summed E-state index contributed by atoms with van der Waals surface area (Å²) in [4.78, 5) is 2.00. The Morgan fingerprint density at radius 3 is 2.71 bits per heavy atom. The average molecular weight is 319 g/mol. The van der Waals surface area contributed by atoms with Gasteiger partial charge in [-0.2, -0.15) is 0 Å². The van der Waals surface area contributed by atoms with Crippen molar-refractivity contribution in [1.29, 1.82) is 0 Å². The molecule has 0 aliphatic rings. The van der Waals surface area contributed by atoms with E-state index in [1.165, 1.54) is 6.07 Å². The quantitative estimate of drug-likeness (QED) is 0.569. The van der Waals surface area contributed by atoms with E-state index < -0.39 is 10.0 Å². The van der Waals surface area contributed by atoms with Gasteiger partial charge in [0.15, 0.2) is 0 Å². The number of nitrogens with zero attached hydrogens (tertiary/aromatic N) is 1. The highest BCUT2D eigenvalue weighted by Crippen LogP contribution is 2.13. The highest BCUT2D eigenvalue weighted by atomic mass is 32.2. The third-order valence-corrected chi connectivity index (χ3v) is 4.01. The molecule has 0 atom stereocenters. The zero-order valence-corrected chi connectivity index (χ0v) is 13.7. The van der Waals surface area contributed by atoms with Gasteiger partial charge in [0.05, 0.1) is 19.8 Å². The number of hydrogen-bond acceptors (Lipinski definition) is 6. The molecule has 1 aromatic rings. The van der Waals surface area contributed by atoms with E-state index in [1.807, 2.05) is 25.9 Å². The fourth-order valence-corrected chi connectivity index (χ4v) is 2.47. The number of furan rings is 1. The summed E-state index contributed by atoms with van der Waals surface area (Å²) in [6, 6.07) is 3.12. The minimum Gasteiger partial charge on any atom is -0.447 e. The zero-order valence-electron chi connectivity index (χ0n) is 12.9. The van der Waals surface area contributed by atoms with E-state index in [2.05, 4.69) is 10.0 Å². The molecular weight excluding hydrogens is 294 g/mol. The Labute approximate surface area is 126 Å². The Morgan fingerprint density at radius 1 is 1.29 bits per heavy atom. The van der Waals surface area contributed by atoms with Crippen molar-refractivity contribution in [3.8, 4) is 0 Å². The molecule has 0 amide bonds. The van der Waals surface area contributed by atoms with Crippen LogP contribution in [0, 0.1) is 0 Å². The molecule has 0 spiro atoms. The monoisotopic (exact) mass is 319 g/mol. The molecule has 7 nitrogen and oxygen atoms in total. The third-order valence-electron chi connectivity index (χ3n) is 2.67. The van der Waals surface area contributed by atoms with Gasteiger partial charge < -0.3 is 19.4 Å². The Bertz CT molecular complexity index is 499. The molecule has 0 radical (unpaired) electrons. The molecule has 0 saturated carbocycles. The number of sulfonamides is 1. The summed E-state index contributed by atoms with van der Waals surface area (Å²) in [5, 5.41) is 3.01. The van der Waals surface area contributed by atoms with Gasteiger partial charge in [0.2, 0.25) is 5.09 Å². The first-order valence-corrected chi connectivity index (χ1v) is 8.45. The SMILES string of the molecule is CCNCc1ccc(S(=O)(=O)NCCOCCN(C)C)o1. The van der Waals surface area contributed by atoms with Crippen LogP contribution in [0.15, 0.2) is 21.6 Å². The van der Waals surface area contributed by atoms with Crippen molar-refractivity contribution in [3.05, 3.63) is 17.9 Å². The maximum absolute atomic E-state index is 12.0. The smallest absolute Gasteiger partial charge is 0.274 e. The van der Waals surface area contributed by atoms with E-state index in [0.717, 1.165) is 13.1 Å². The van der Waals surface area contributed by atoms with Gasteiger partial charge in [-0.05, 0) is 32.8 Å². The van der Waals surface area contributed by atoms with Gasteiger partial charge >= 0.3 is 0 Å². The second-order valence-electron chi connectivity index (χ2n) is 4.81. The van der Waals surface area contributed by atoms with E-state index >= 15 is 0 Å². The standard InChI is InChI=1S/C13H25N3O4S/c1-4-14-11-12-5-6-13(20-12)21(17,18)15-7-9-19-10-8-16(2)3/h5-6,14-15H,4,7-11H2,1-3H3. The van der Waals surface area contributed by atoms with Gasteiger partial charge in [0.1, 0.15) is 5.76 Å². The normalized spacial score (nSPS) is 12.2. The largest absolute Gasteiger partial charge is 0.447 e. The number of ether oxygens (including phenoxy) is 1. The second kappa shape index (κ2) is 9.16. The highest BCUT2D eigenvalue weighted by Gasteiger charge is 2.17. The first-order valence-electron chi connectivity index (χ1n) is 6.97. The lowest BCUT2D eigenvalue weighted by Crippen LogP contribution is -2.28. The van der Waals surface area contributed by atoms with Crippen molar-refractivity contribution in [2.24, 2.45) is 0 Å². The third kappa shape index (κ3) is 7.05. The van der Waals surface area contributed by atoms with Crippen LogP contribution in [0.1, 0.15) is 12.7 Å². The van der Waals surface area contributed by atoms with Gasteiger partial charge in [-0.1, -0.05) is 6.92 Å². The van der Waals surface area contributed by atoms with E-state index in [0.29, 0.717) is 25.5 Å². The summed E-state index contributed by atoms with van der Waals surface area (Å²) >= 11 is 0. The summed E-state index contributed by atoms with van der Waals surface area (Å²) in [6.07, 6.45) is 0. The summed E-state index contributed by atoms with van der Waals surface area (Å²) < 4.78 is 37.0. The number of nitrogens with one attached hydrogen (secondary N) is 2. The number of likely N-dealkylation sites (N-methyl/N-ethyl adjacent to an activating group) is 1. The van der Waals surface area contributed by atoms with Crippen molar-refractivity contribution in [2.75, 3.05) is 46.9 Å². The molecule has 0 aromatic carbocycles. The van der Waals surface area contributed by atoms with Gasteiger partial charge in [0.25, 0.3) is 10.0 Å². The summed E-state index contributed by atoms with van der Waals surface area (Å²) in [7, 11) is 0.302. The van der Waals surface area contributed by atoms with E-state index in [-0.39, 0.29) is 11.6 Å². The lowest BCUT2D eigenvalue weighted by atomic mass is 10.4. The number of rotatable bonds is 11. The van der Waals surface area contributed by atoms with Crippen molar-refractivity contribution in [1.82, 2.24) is 14.9 Å². The maximum atomic E-state index is 12.0.